The molecule has 2 unspecified atom stereocenters. The Balaban J connectivity index is 2.58. The van der Waals surface area contributed by atoms with Crippen molar-refractivity contribution < 1.29 is 9.90 Å². The number of benzene rings is 1. The molecule has 0 aliphatic rings. The molecule has 0 spiro atoms. The quantitative estimate of drug-likeness (QED) is 0.878. The number of hydrogen-bond donors (Lipinski definition) is 2. The number of carbonyl (C=O) groups excluding carboxylic acids is 1. The van der Waals surface area contributed by atoms with E-state index in [0.29, 0.717) is 18.5 Å². The van der Waals surface area contributed by atoms with E-state index < -0.39 is 0 Å². The smallest absolute Gasteiger partial charge is 0.251 e. The molecule has 2 atom stereocenters. The highest BCUT2D eigenvalue weighted by molar-refractivity contribution is 9.10. The predicted molar refractivity (Wildman–Crippen MR) is 76.7 cm³/mol. The van der Waals surface area contributed by atoms with E-state index in [4.69, 9.17) is 0 Å². The molecule has 100 valence electrons. The van der Waals surface area contributed by atoms with Gasteiger partial charge in [-0.05, 0) is 43.9 Å². The van der Waals surface area contributed by atoms with Crippen LogP contribution in [0.2, 0.25) is 0 Å². The maximum Gasteiger partial charge on any atom is 0.251 e. The molecule has 2 N–H and O–H groups in total. The molecule has 0 saturated heterocycles. The number of aryl methyl sites for hydroxylation is 1. The van der Waals surface area contributed by atoms with Gasteiger partial charge in [0.1, 0.15) is 0 Å². The Kier molecular flexibility index (Phi) is 5.82. The van der Waals surface area contributed by atoms with E-state index in [9.17, 15) is 9.90 Å². The fourth-order valence-corrected chi connectivity index (χ4v) is 2.23. The first-order valence-corrected chi connectivity index (χ1v) is 6.92. The van der Waals surface area contributed by atoms with Crippen molar-refractivity contribution in [3.05, 3.63) is 33.8 Å². The Labute approximate surface area is 117 Å². The number of aliphatic hydroxyl groups is 1. The Morgan fingerprint density at radius 1 is 1.44 bits per heavy atom. The van der Waals surface area contributed by atoms with Gasteiger partial charge in [-0.25, -0.2) is 0 Å². The second-order valence-electron chi connectivity index (χ2n) is 4.86. The molecule has 0 radical (unpaired) electrons. The van der Waals surface area contributed by atoms with Crippen LogP contribution >= 0.6 is 15.9 Å². The van der Waals surface area contributed by atoms with E-state index in [1.165, 1.54) is 0 Å². The number of nitrogens with one attached hydrogen (secondary N) is 1. The molecule has 18 heavy (non-hydrogen) atoms. The topological polar surface area (TPSA) is 49.3 Å². The maximum atomic E-state index is 12.0. The standard InChI is InChI=1S/C14H20BrNO2/c1-9(6-11(3)17)8-16-14(18)13-7-12(15)5-4-10(13)2/h4-5,7,9,11,17H,6,8H2,1-3H3,(H,16,18). The zero-order valence-corrected chi connectivity index (χ0v) is 12.6. The third-order valence-electron chi connectivity index (χ3n) is 2.80. The third-order valence-corrected chi connectivity index (χ3v) is 3.29. The van der Waals surface area contributed by atoms with Gasteiger partial charge in [-0.3, -0.25) is 4.79 Å². The fourth-order valence-electron chi connectivity index (χ4n) is 1.87. The summed E-state index contributed by atoms with van der Waals surface area (Å²) in [5.41, 5.74) is 1.65. The highest BCUT2D eigenvalue weighted by Gasteiger charge is 2.12. The summed E-state index contributed by atoms with van der Waals surface area (Å²) in [6, 6.07) is 5.66. The summed E-state index contributed by atoms with van der Waals surface area (Å²) in [7, 11) is 0. The van der Waals surface area contributed by atoms with Crippen LogP contribution in [-0.4, -0.2) is 23.7 Å². The van der Waals surface area contributed by atoms with Crippen molar-refractivity contribution in [3.8, 4) is 0 Å². The molecule has 0 fully saturated rings. The number of aliphatic hydroxyl groups excluding tert-OH is 1. The van der Waals surface area contributed by atoms with Crippen LogP contribution in [-0.2, 0) is 0 Å². The van der Waals surface area contributed by atoms with Crippen molar-refractivity contribution in [3.63, 3.8) is 0 Å². The first kappa shape index (κ1) is 15.2. The monoisotopic (exact) mass is 313 g/mol. The second-order valence-corrected chi connectivity index (χ2v) is 5.77. The lowest BCUT2D eigenvalue weighted by molar-refractivity contribution is 0.0938. The fraction of sp³-hybridized carbons (Fsp3) is 0.500. The molecule has 1 rings (SSSR count). The molecule has 0 aromatic heterocycles. The summed E-state index contributed by atoms with van der Waals surface area (Å²) < 4.78 is 0.898. The van der Waals surface area contributed by atoms with Gasteiger partial charge in [-0.15, -0.1) is 0 Å². The van der Waals surface area contributed by atoms with E-state index in [0.717, 1.165) is 10.0 Å². The largest absolute Gasteiger partial charge is 0.393 e. The second kappa shape index (κ2) is 6.90. The summed E-state index contributed by atoms with van der Waals surface area (Å²) in [4.78, 5) is 12.0. The number of halogens is 1. The zero-order valence-electron chi connectivity index (χ0n) is 11.0. The van der Waals surface area contributed by atoms with Crippen LogP contribution in [0.1, 0.15) is 36.2 Å². The van der Waals surface area contributed by atoms with Crippen LogP contribution < -0.4 is 5.32 Å². The average molecular weight is 314 g/mol. The van der Waals surface area contributed by atoms with E-state index in [1.807, 2.05) is 32.0 Å². The Bertz CT molecular complexity index is 418. The lowest BCUT2D eigenvalue weighted by atomic mass is 10.0. The van der Waals surface area contributed by atoms with Gasteiger partial charge in [0, 0.05) is 16.6 Å². The summed E-state index contributed by atoms with van der Waals surface area (Å²) >= 11 is 3.36. The van der Waals surface area contributed by atoms with Gasteiger partial charge in [0.2, 0.25) is 0 Å². The minimum absolute atomic E-state index is 0.0637. The number of amides is 1. The molecule has 0 bridgehead atoms. The lowest BCUT2D eigenvalue weighted by Crippen LogP contribution is -2.30. The van der Waals surface area contributed by atoms with Crippen molar-refractivity contribution in [2.45, 2.75) is 33.3 Å². The first-order chi connectivity index (χ1) is 8.40. The molecule has 1 aromatic carbocycles. The van der Waals surface area contributed by atoms with Crippen LogP contribution in [0, 0.1) is 12.8 Å². The van der Waals surface area contributed by atoms with Gasteiger partial charge >= 0.3 is 0 Å². The zero-order chi connectivity index (χ0) is 13.7. The van der Waals surface area contributed by atoms with E-state index in [2.05, 4.69) is 21.2 Å². The third kappa shape index (κ3) is 4.78. The van der Waals surface area contributed by atoms with Crippen LogP contribution in [0.3, 0.4) is 0 Å². The molecule has 0 aliphatic heterocycles. The van der Waals surface area contributed by atoms with Crippen molar-refractivity contribution in [2.24, 2.45) is 5.92 Å². The Morgan fingerprint density at radius 2 is 2.11 bits per heavy atom. The average Bonchev–Trinajstić information content (AvgIpc) is 2.28. The number of carbonyl (C=O) groups is 1. The highest BCUT2D eigenvalue weighted by Crippen LogP contribution is 2.16. The molecule has 0 heterocycles. The van der Waals surface area contributed by atoms with Crippen LogP contribution in [0.4, 0.5) is 0 Å². The minimum atomic E-state index is -0.329. The SMILES string of the molecule is Cc1ccc(Br)cc1C(=O)NCC(C)CC(C)O. The lowest BCUT2D eigenvalue weighted by Gasteiger charge is -2.15. The van der Waals surface area contributed by atoms with Crippen LogP contribution in [0.15, 0.2) is 22.7 Å². The molecular weight excluding hydrogens is 294 g/mol. The van der Waals surface area contributed by atoms with Gasteiger partial charge in [-0.2, -0.15) is 0 Å². The predicted octanol–water partition coefficient (Wildman–Crippen LogP) is 2.89. The summed E-state index contributed by atoms with van der Waals surface area (Å²) in [6.45, 7) is 6.27. The maximum absolute atomic E-state index is 12.0. The molecule has 4 heteroatoms. The molecule has 0 saturated carbocycles. The summed E-state index contributed by atoms with van der Waals surface area (Å²) in [5, 5.41) is 12.2. The highest BCUT2D eigenvalue weighted by atomic mass is 79.9. The Morgan fingerprint density at radius 3 is 2.72 bits per heavy atom. The molecular formula is C14H20BrNO2. The van der Waals surface area contributed by atoms with Crippen molar-refractivity contribution in [1.82, 2.24) is 5.32 Å². The van der Waals surface area contributed by atoms with Gasteiger partial charge < -0.3 is 10.4 Å². The molecule has 1 aromatic rings. The van der Waals surface area contributed by atoms with E-state index in [-0.39, 0.29) is 17.9 Å². The Hall–Kier alpha value is -0.870. The number of hydrogen-bond acceptors (Lipinski definition) is 2. The van der Waals surface area contributed by atoms with Crippen LogP contribution in [0.25, 0.3) is 0 Å². The van der Waals surface area contributed by atoms with Crippen molar-refractivity contribution in [2.75, 3.05) is 6.54 Å². The van der Waals surface area contributed by atoms with Crippen molar-refractivity contribution >= 4 is 21.8 Å². The molecule has 3 nitrogen and oxygen atoms in total. The number of rotatable bonds is 5. The van der Waals surface area contributed by atoms with Gasteiger partial charge in [0.05, 0.1) is 6.10 Å². The van der Waals surface area contributed by atoms with Gasteiger partial charge in [-0.1, -0.05) is 28.9 Å². The van der Waals surface area contributed by atoms with E-state index in [1.54, 1.807) is 6.92 Å². The van der Waals surface area contributed by atoms with Gasteiger partial charge in [0.15, 0.2) is 0 Å². The molecule has 1 amide bonds. The van der Waals surface area contributed by atoms with Gasteiger partial charge in [0.25, 0.3) is 5.91 Å². The summed E-state index contributed by atoms with van der Waals surface area (Å²) in [5.74, 6) is 0.202. The first-order valence-electron chi connectivity index (χ1n) is 6.12. The van der Waals surface area contributed by atoms with Crippen LogP contribution in [0.5, 0.6) is 0 Å². The molecule has 0 aliphatic carbocycles. The summed E-state index contributed by atoms with van der Waals surface area (Å²) in [6.07, 6.45) is 0.363. The minimum Gasteiger partial charge on any atom is -0.393 e. The van der Waals surface area contributed by atoms with Crippen molar-refractivity contribution in [1.29, 1.82) is 0 Å². The van der Waals surface area contributed by atoms with E-state index >= 15 is 0 Å². The normalized spacial score (nSPS) is 14.1.